The third-order valence-corrected chi connectivity index (χ3v) is 4.78. The fourth-order valence-electron chi connectivity index (χ4n) is 2.99. The number of rotatable bonds is 10. The van der Waals surface area contributed by atoms with Crippen LogP contribution in [0.1, 0.15) is 22.5 Å². The minimum Gasteiger partial charge on any atom is -0.481 e. The van der Waals surface area contributed by atoms with Gasteiger partial charge in [0.05, 0.1) is 18.4 Å². The Kier molecular flexibility index (Phi) is 7.19. The lowest BCUT2D eigenvalue weighted by atomic mass is 9.99. The lowest BCUT2D eigenvalue weighted by Crippen LogP contribution is -2.44. The Labute approximate surface area is 195 Å². The summed E-state index contributed by atoms with van der Waals surface area (Å²) in [6.45, 7) is 0.172. The molecule has 0 aliphatic rings. The number of H-pyrrole nitrogens is 1. The van der Waals surface area contributed by atoms with Gasteiger partial charge < -0.3 is 31.7 Å². The number of nitrogens with zero attached hydrogens (tertiary/aromatic N) is 3. The van der Waals surface area contributed by atoms with Crippen LogP contribution in [0, 0.1) is 5.92 Å². The molecule has 3 aromatic rings. The number of nitrogens with one attached hydrogen (secondary N) is 3. The topological polar surface area (TPSA) is 251 Å². The fraction of sp³-hybridized carbons (Fsp3) is 0.200. The number of hydrogen-bond acceptors (Lipinski definition) is 10. The summed E-state index contributed by atoms with van der Waals surface area (Å²) in [6.07, 6.45) is 0.583. The molecule has 182 valence electrons. The van der Waals surface area contributed by atoms with Gasteiger partial charge in [0, 0.05) is 17.7 Å². The number of benzene rings is 1. The van der Waals surface area contributed by atoms with E-state index in [0.717, 1.165) is 0 Å². The van der Waals surface area contributed by atoms with Crippen molar-refractivity contribution in [2.24, 2.45) is 5.92 Å². The van der Waals surface area contributed by atoms with Gasteiger partial charge in [-0.3, -0.25) is 24.2 Å². The number of nitrogens with two attached hydrogens (primary N) is 1. The van der Waals surface area contributed by atoms with E-state index in [1.807, 2.05) is 0 Å². The van der Waals surface area contributed by atoms with Crippen LogP contribution in [0.3, 0.4) is 0 Å². The fourth-order valence-corrected chi connectivity index (χ4v) is 2.99. The lowest BCUT2D eigenvalue weighted by Gasteiger charge is -2.17. The molecule has 2 heterocycles. The van der Waals surface area contributed by atoms with Gasteiger partial charge in [0.1, 0.15) is 6.04 Å². The quantitative estimate of drug-likeness (QED) is 0.175. The average molecular weight is 485 g/mol. The van der Waals surface area contributed by atoms with Crippen LogP contribution in [0.25, 0.3) is 11.2 Å². The Balaban J connectivity index is 1.64. The highest BCUT2D eigenvalue weighted by molar-refractivity contribution is 5.98. The van der Waals surface area contributed by atoms with E-state index < -0.39 is 47.8 Å². The molecule has 15 heteroatoms. The van der Waals surface area contributed by atoms with Crippen LogP contribution in [0.4, 0.5) is 11.6 Å². The first-order chi connectivity index (χ1) is 16.5. The van der Waals surface area contributed by atoms with E-state index in [1.54, 1.807) is 0 Å². The van der Waals surface area contributed by atoms with Crippen molar-refractivity contribution < 1.29 is 34.5 Å². The molecule has 1 amide bonds. The van der Waals surface area contributed by atoms with Crippen LogP contribution in [-0.4, -0.2) is 65.1 Å². The molecule has 0 radical (unpaired) electrons. The SMILES string of the molecule is Nc1nc2ncc(CNc3ccc(C(=O)NC(CC(C(=O)O)C(=O)O)C(=O)O)cc3)nc2c(=O)[nH]1. The Hall–Kier alpha value is -5.08. The summed E-state index contributed by atoms with van der Waals surface area (Å²) in [5, 5.41) is 32.3. The van der Waals surface area contributed by atoms with Crippen molar-refractivity contribution >= 4 is 46.6 Å². The van der Waals surface area contributed by atoms with Crippen molar-refractivity contribution in [1.29, 1.82) is 0 Å². The summed E-state index contributed by atoms with van der Waals surface area (Å²) >= 11 is 0. The van der Waals surface area contributed by atoms with Gasteiger partial charge >= 0.3 is 17.9 Å². The molecule has 1 unspecified atom stereocenters. The van der Waals surface area contributed by atoms with Crippen molar-refractivity contribution in [3.63, 3.8) is 0 Å². The molecule has 3 rings (SSSR count). The molecule has 0 aliphatic carbocycles. The second-order valence-corrected chi connectivity index (χ2v) is 7.24. The Morgan fingerprint density at radius 1 is 1.00 bits per heavy atom. The maximum Gasteiger partial charge on any atom is 0.326 e. The van der Waals surface area contributed by atoms with Gasteiger partial charge in [-0.15, -0.1) is 0 Å². The van der Waals surface area contributed by atoms with Crippen LogP contribution in [0.5, 0.6) is 0 Å². The highest BCUT2D eigenvalue weighted by Gasteiger charge is 2.33. The largest absolute Gasteiger partial charge is 0.481 e. The molecule has 35 heavy (non-hydrogen) atoms. The zero-order valence-electron chi connectivity index (χ0n) is 17.8. The number of carbonyl (C=O) groups is 4. The minimum atomic E-state index is -2.00. The third kappa shape index (κ3) is 6.04. The van der Waals surface area contributed by atoms with E-state index >= 15 is 0 Å². The molecule has 0 saturated heterocycles. The molecule has 0 spiro atoms. The van der Waals surface area contributed by atoms with Crippen molar-refractivity contribution in [2.75, 3.05) is 11.1 Å². The number of carboxylic acid groups (broad SMARTS) is 3. The molecular formula is C20H19N7O8. The Bertz CT molecular complexity index is 1340. The van der Waals surface area contributed by atoms with Gasteiger partial charge in [-0.1, -0.05) is 0 Å². The van der Waals surface area contributed by atoms with Gasteiger partial charge in [-0.05, 0) is 24.3 Å². The first kappa shape index (κ1) is 24.6. The maximum absolute atomic E-state index is 12.4. The number of amides is 1. The molecule has 8 N–H and O–H groups in total. The van der Waals surface area contributed by atoms with Gasteiger partial charge in [0.15, 0.2) is 17.1 Å². The number of fused-ring (bicyclic) bond motifs is 1. The highest BCUT2D eigenvalue weighted by Crippen LogP contribution is 2.13. The van der Waals surface area contributed by atoms with Gasteiger partial charge in [-0.25, -0.2) is 14.8 Å². The van der Waals surface area contributed by atoms with E-state index in [2.05, 4.69) is 30.6 Å². The lowest BCUT2D eigenvalue weighted by molar-refractivity contribution is -0.155. The van der Waals surface area contributed by atoms with Gasteiger partial charge in [-0.2, -0.15) is 4.98 Å². The van der Waals surface area contributed by atoms with Crippen LogP contribution in [0.2, 0.25) is 0 Å². The zero-order chi connectivity index (χ0) is 25.7. The van der Waals surface area contributed by atoms with Crippen LogP contribution in [-0.2, 0) is 20.9 Å². The molecule has 15 nitrogen and oxygen atoms in total. The van der Waals surface area contributed by atoms with Crippen LogP contribution < -0.4 is 21.9 Å². The van der Waals surface area contributed by atoms with Crippen LogP contribution in [0.15, 0.2) is 35.3 Å². The molecule has 0 aliphatic heterocycles. The second kappa shape index (κ2) is 10.2. The molecular weight excluding hydrogens is 466 g/mol. The highest BCUT2D eigenvalue weighted by atomic mass is 16.4. The van der Waals surface area contributed by atoms with E-state index in [0.29, 0.717) is 11.4 Å². The predicted molar refractivity (Wildman–Crippen MR) is 118 cm³/mol. The van der Waals surface area contributed by atoms with E-state index in [4.69, 9.17) is 15.9 Å². The summed E-state index contributed by atoms with van der Waals surface area (Å²) in [5.41, 5.74) is 6.09. The summed E-state index contributed by atoms with van der Waals surface area (Å²) < 4.78 is 0. The zero-order valence-corrected chi connectivity index (χ0v) is 17.8. The number of anilines is 2. The summed E-state index contributed by atoms with van der Waals surface area (Å²) in [7, 11) is 0. The van der Waals surface area contributed by atoms with E-state index in [1.165, 1.54) is 30.5 Å². The van der Waals surface area contributed by atoms with Gasteiger partial charge in [0.2, 0.25) is 5.95 Å². The van der Waals surface area contributed by atoms with Gasteiger partial charge in [0.25, 0.3) is 11.5 Å². The number of carboxylic acids is 3. The standard InChI is InChI=1S/C20H19N7O8/c21-20-26-14-13(16(29)27-20)24-10(7-23-14)6-22-9-3-1-8(2-4-9)15(28)25-12(19(34)35)5-11(17(30)31)18(32)33/h1-4,7,11-12,22H,5-6H2,(H,25,28)(H,30,31)(H,32,33)(H,34,35)(H3,21,23,26,27,29). The number of hydrogen-bond donors (Lipinski definition) is 7. The average Bonchev–Trinajstić information content (AvgIpc) is 2.80. The number of carbonyl (C=O) groups excluding carboxylic acids is 1. The molecule has 1 atom stereocenters. The number of nitrogen functional groups attached to an aromatic ring is 1. The van der Waals surface area contributed by atoms with Crippen molar-refractivity contribution in [3.05, 3.63) is 52.1 Å². The number of aromatic amines is 1. The minimum absolute atomic E-state index is 0.0199. The monoisotopic (exact) mass is 485 g/mol. The van der Waals surface area contributed by atoms with Crippen LogP contribution >= 0.6 is 0 Å². The first-order valence-corrected chi connectivity index (χ1v) is 9.89. The van der Waals surface area contributed by atoms with Crippen molar-refractivity contribution in [1.82, 2.24) is 25.3 Å². The Morgan fingerprint density at radius 3 is 2.26 bits per heavy atom. The molecule has 2 aromatic heterocycles. The molecule has 0 bridgehead atoms. The molecule has 1 aromatic carbocycles. The normalized spacial score (nSPS) is 11.7. The summed E-state index contributed by atoms with van der Waals surface area (Å²) in [4.78, 5) is 72.2. The summed E-state index contributed by atoms with van der Waals surface area (Å²) in [5.74, 6) is -7.90. The van der Waals surface area contributed by atoms with Crippen molar-refractivity contribution in [3.8, 4) is 0 Å². The first-order valence-electron chi connectivity index (χ1n) is 9.89. The van der Waals surface area contributed by atoms with E-state index in [9.17, 15) is 29.1 Å². The molecule has 0 saturated carbocycles. The second-order valence-electron chi connectivity index (χ2n) is 7.24. The Morgan fingerprint density at radius 2 is 1.66 bits per heavy atom. The third-order valence-electron chi connectivity index (χ3n) is 4.78. The van der Waals surface area contributed by atoms with E-state index in [-0.39, 0.29) is 29.2 Å². The van der Waals surface area contributed by atoms with Crippen molar-refractivity contribution in [2.45, 2.75) is 19.0 Å². The summed E-state index contributed by atoms with van der Waals surface area (Å²) in [6, 6.07) is 4.08. The number of aliphatic carboxylic acids is 3. The maximum atomic E-state index is 12.4. The number of aromatic nitrogens is 4. The predicted octanol–water partition coefficient (Wildman–Crippen LogP) is -0.734. The smallest absolute Gasteiger partial charge is 0.326 e. The molecule has 0 fully saturated rings.